The van der Waals surface area contributed by atoms with Gasteiger partial charge in [0.25, 0.3) is 0 Å². The van der Waals surface area contributed by atoms with Crippen LogP contribution in [0.2, 0.25) is 0 Å². The monoisotopic (exact) mass is 232 g/mol. The summed E-state index contributed by atoms with van der Waals surface area (Å²) in [7, 11) is 0. The number of hydrogen-bond acceptors (Lipinski definition) is 3. The highest BCUT2D eigenvalue weighted by atomic mass is 16.5. The zero-order chi connectivity index (χ0) is 12.3. The van der Waals surface area contributed by atoms with Gasteiger partial charge in [-0.15, -0.1) is 0 Å². The fraction of sp³-hybridized carbons (Fsp3) is 0.429. The summed E-state index contributed by atoms with van der Waals surface area (Å²) in [6.45, 7) is 2.16. The standard InChI is InChI=1S/C14H16O3/c1-2-17-14(16)12-9-11(12)13(15)8-10-6-4-3-5-7-10/h3-7,11-12H,2,8-9H2,1H3/t11-,12-/m0/s1. The maximum Gasteiger partial charge on any atom is 0.309 e. The molecule has 3 nitrogen and oxygen atoms in total. The van der Waals surface area contributed by atoms with E-state index in [0.29, 0.717) is 19.4 Å². The first-order valence-electron chi connectivity index (χ1n) is 5.95. The van der Waals surface area contributed by atoms with Gasteiger partial charge in [-0.1, -0.05) is 30.3 Å². The Morgan fingerprint density at radius 3 is 2.59 bits per heavy atom. The summed E-state index contributed by atoms with van der Waals surface area (Å²) in [5.74, 6) is -0.381. The van der Waals surface area contributed by atoms with Crippen molar-refractivity contribution in [2.24, 2.45) is 11.8 Å². The number of benzene rings is 1. The van der Waals surface area contributed by atoms with E-state index in [-0.39, 0.29) is 23.6 Å². The average Bonchev–Trinajstić information content (AvgIpc) is 3.10. The maximum atomic E-state index is 11.9. The van der Waals surface area contributed by atoms with Crippen LogP contribution in [-0.4, -0.2) is 18.4 Å². The van der Waals surface area contributed by atoms with Gasteiger partial charge < -0.3 is 4.74 Å². The van der Waals surface area contributed by atoms with Crippen LogP contribution in [0.3, 0.4) is 0 Å². The third kappa shape index (κ3) is 2.93. The molecule has 0 unspecified atom stereocenters. The third-order valence-electron chi connectivity index (χ3n) is 3.01. The molecule has 0 N–H and O–H groups in total. The minimum Gasteiger partial charge on any atom is -0.466 e. The lowest BCUT2D eigenvalue weighted by molar-refractivity contribution is -0.145. The van der Waals surface area contributed by atoms with Crippen LogP contribution < -0.4 is 0 Å². The van der Waals surface area contributed by atoms with E-state index in [4.69, 9.17) is 4.74 Å². The van der Waals surface area contributed by atoms with Gasteiger partial charge in [0, 0.05) is 12.3 Å². The summed E-state index contributed by atoms with van der Waals surface area (Å²) in [5, 5.41) is 0. The molecule has 1 aromatic rings. The van der Waals surface area contributed by atoms with Crippen LogP contribution in [0.25, 0.3) is 0 Å². The van der Waals surface area contributed by atoms with Crippen LogP contribution in [0.4, 0.5) is 0 Å². The lowest BCUT2D eigenvalue weighted by atomic mass is 10.1. The molecule has 1 aliphatic carbocycles. The highest BCUT2D eigenvalue weighted by Crippen LogP contribution is 2.40. The summed E-state index contributed by atoms with van der Waals surface area (Å²) in [4.78, 5) is 23.3. The van der Waals surface area contributed by atoms with Gasteiger partial charge in [-0.05, 0) is 18.9 Å². The molecule has 0 aliphatic heterocycles. The number of Topliss-reactive ketones (excluding diaryl/α,β-unsaturated/α-hetero) is 1. The molecule has 0 heterocycles. The Bertz CT molecular complexity index is 411. The van der Waals surface area contributed by atoms with E-state index in [9.17, 15) is 9.59 Å². The van der Waals surface area contributed by atoms with Crippen molar-refractivity contribution < 1.29 is 14.3 Å². The lowest BCUT2D eigenvalue weighted by Crippen LogP contribution is -2.13. The molecule has 1 saturated carbocycles. The number of rotatable bonds is 5. The molecule has 1 aromatic carbocycles. The van der Waals surface area contributed by atoms with E-state index in [1.807, 2.05) is 30.3 Å². The first kappa shape index (κ1) is 11.8. The molecular weight excluding hydrogens is 216 g/mol. The van der Waals surface area contributed by atoms with E-state index in [1.165, 1.54) is 0 Å². The van der Waals surface area contributed by atoms with Gasteiger partial charge >= 0.3 is 5.97 Å². The van der Waals surface area contributed by atoms with Gasteiger partial charge in [-0.25, -0.2) is 0 Å². The minimum atomic E-state index is -0.223. The summed E-state index contributed by atoms with van der Waals surface area (Å²) in [5.41, 5.74) is 1.01. The Balaban J connectivity index is 1.85. The van der Waals surface area contributed by atoms with Gasteiger partial charge in [0.05, 0.1) is 12.5 Å². The van der Waals surface area contributed by atoms with Crippen molar-refractivity contribution >= 4 is 11.8 Å². The van der Waals surface area contributed by atoms with Gasteiger partial charge in [0.1, 0.15) is 5.78 Å². The molecule has 17 heavy (non-hydrogen) atoms. The number of carbonyl (C=O) groups is 2. The molecule has 1 aliphatic rings. The summed E-state index contributed by atoms with van der Waals surface area (Å²) >= 11 is 0. The van der Waals surface area contributed by atoms with Crippen molar-refractivity contribution in [3.05, 3.63) is 35.9 Å². The van der Waals surface area contributed by atoms with Crippen LogP contribution in [0.1, 0.15) is 18.9 Å². The van der Waals surface area contributed by atoms with Crippen molar-refractivity contribution in [2.45, 2.75) is 19.8 Å². The predicted octanol–water partition coefficient (Wildman–Crippen LogP) is 2.00. The van der Waals surface area contributed by atoms with Crippen molar-refractivity contribution in [1.29, 1.82) is 0 Å². The largest absolute Gasteiger partial charge is 0.466 e. The van der Waals surface area contributed by atoms with Crippen LogP contribution in [-0.2, 0) is 20.7 Å². The highest BCUT2D eigenvalue weighted by Gasteiger charge is 2.48. The molecule has 0 radical (unpaired) electrons. The number of ketones is 1. The van der Waals surface area contributed by atoms with Gasteiger partial charge in [-0.2, -0.15) is 0 Å². The Labute approximate surface area is 101 Å². The second kappa shape index (κ2) is 5.13. The molecule has 0 amide bonds. The fourth-order valence-electron chi connectivity index (χ4n) is 1.99. The topological polar surface area (TPSA) is 43.4 Å². The van der Waals surface area contributed by atoms with E-state index >= 15 is 0 Å². The minimum absolute atomic E-state index is 0.116. The molecule has 0 bridgehead atoms. The molecule has 0 saturated heterocycles. The van der Waals surface area contributed by atoms with Gasteiger partial charge in [0.2, 0.25) is 0 Å². The van der Waals surface area contributed by atoms with Crippen LogP contribution in [0, 0.1) is 11.8 Å². The zero-order valence-corrected chi connectivity index (χ0v) is 9.89. The number of carbonyl (C=O) groups excluding carboxylic acids is 2. The lowest BCUT2D eigenvalue weighted by Gasteiger charge is -2.01. The molecule has 3 heteroatoms. The smallest absolute Gasteiger partial charge is 0.309 e. The third-order valence-corrected chi connectivity index (χ3v) is 3.01. The van der Waals surface area contributed by atoms with Crippen LogP contribution >= 0.6 is 0 Å². The van der Waals surface area contributed by atoms with Crippen molar-refractivity contribution in [3.8, 4) is 0 Å². The van der Waals surface area contributed by atoms with Crippen LogP contribution in [0.5, 0.6) is 0 Å². The Kier molecular flexibility index (Phi) is 3.57. The normalized spacial score (nSPS) is 21.9. The molecule has 90 valence electrons. The Morgan fingerprint density at radius 2 is 1.94 bits per heavy atom. The van der Waals surface area contributed by atoms with Crippen molar-refractivity contribution in [3.63, 3.8) is 0 Å². The maximum absolute atomic E-state index is 11.9. The second-order valence-electron chi connectivity index (χ2n) is 4.33. The Hall–Kier alpha value is -1.64. The summed E-state index contributed by atoms with van der Waals surface area (Å²) < 4.78 is 4.91. The van der Waals surface area contributed by atoms with Crippen LogP contribution in [0.15, 0.2) is 30.3 Å². The summed E-state index contributed by atoms with van der Waals surface area (Å²) in [6.07, 6.45) is 1.08. The molecule has 0 aromatic heterocycles. The molecular formula is C14H16O3. The van der Waals surface area contributed by atoms with Crippen molar-refractivity contribution in [2.75, 3.05) is 6.61 Å². The highest BCUT2D eigenvalue weighted by molar-refractivity contribution is 5.92. The number of ether oxygens (including phenoxy) is 1. The fourth-order valence-corrected chi connectivity index (χ4v) is 1.99. The average molecular weight is 232 g/mol. The van der Waals surface area contributed by atoms with E-state index < -0.39 is 0 Å². The number of esters is 1. The van der Waals surface area contributed by atoms with Gasteiger partial charge in [0.15, 0.2) is 0 Å². The number of hydrogen-bond donors (Lipinski definition) is 0. The zero-order valence-electron chi connectivity index (χ0n) is 9.89. The second-order valence-corrected chi connectivity index (χ2v) is 4.33. The summed E-state index contributed by atoms with van der Waals surface area (Å²) in [6, 6.07) is 9.61. The van der Waals surface area contributed by atoms with Crippen molar-refractivity contribution in [1.82, 2.24) is 0 Å². The molecule has 2 atom stereocenters. The molecule has 1 fully saturated rings. The molecule has 0 spiro atoms. The van der Waals surface area contributed by atoms with Gasteiger partial charge in [-0.3, -0.25) is 9.59 Å². The quantitative estimate of drug-likeness (QED) is 0.729. The first-order valence-corrected chi connectivity index (χ1v) is 5.95. The van der Waals surface area contributed by atoms with E-state index in [1.54, 1.807) is 6.92 Å². The Morgan fingerprint density at radius 1 is 1.24 bits per heavy atom. The van der Waals surface area contributed by atoms with E-state index in [2.05, 4.69) is 0 Å². The molecule has 2 rings (SSSR count). The van der Waals surface area contributed by atoms with E-state index in [0.717, 1.165) is 5.56 Å². The first-order chi connectivity index (χ1) is 8.22. The SMILES string of the molecule is CCOC(=O)[C@H]1C[C@@H]1C(=O)Cc1ccccc1. The predicted molar refractivity (Wildman–Crippen MR) is 63.4 cm³/mol.